The summed E-state index contributed by atoms with van der Waals surface area (Å²) < 4.78 is 0. The molecule has 2 N–H and O–H groups in total. The van der Waals surface area contributed by atoms with Crippen LogP contribution >= 0.6 is 0 Å². The van der Waals surface area contributed by atoms with Crippen molar-refractivity contribution in [2.45, 2.75) is 26.7 Å². The second-order valence-electron chi connectivity index (χ2n) is 5.45. The molecule has 0 saturated heterocycles. The molecule has 0 bridgehead atoms. The first-order chi connectivity index (χ1) is 10.9. The van der Waals surface area contributed by atoms with Crippen LogP contribution in [0.3, 0.4) is 0 Å². The van der Waals surface area contributed by atoms with Crippen LogP contribution in [-0.4, -0.2) is 28.9 Å². The quantitative estimate of drug-likeness (QED) is 0.624. The summed E-state index contributed by atoms with van der Waals surface area (Å²) in [6.07, 6.45) is 1.86. The van der Waals surface area contributed by atoms with E-state index in [0.717, 1.165) is 18.5 Å². The number of nitro benzene ring substituents is 1. The molecule has 0 spiro atoms. The van der Waals surface area contributed by atoms with Gasteiger partial charge in [0, 0.05) is 29.4 Å². The van der Waals surface area contributed by atoms with Gasteiger partial charge in [0.1, 0.15) is 0 Å². The molecular formula is C16H20N4O3. The van der Waals surface area contributed by atoms with E-state index in [0.29, 0.717) is 23.1 Å². The predicted molar refractivity (Wildman–Crippen MR) is 89.4 cm³/mol. The number of unbranched alkanes of at least 4 members (excludes halogenated alkanes) is 1. The Morgan fingerprint density at radius 2 is 2.17 bits per heavy atom. The summed E-state index contributed by atoms with van der Waals surface area (Å²) in [5, 5.41) is 11.9. The van der Waals surface area contributed by atoms with Gasteiger partial charge in [0.05, 0.1) is 11.5 Å². The molecule has 0 fully saturated rings. The number of rotatable bonds is 7. The summed E-state index contributed by atoms with van der Waals surface area (Å²) in [4.78, 5) is 28.4. The van der Waals surface area contributed by atoms with Gasteiger partial charge in [0.15, 0.2) is 5.52 Å². The minimum Gasteiger partial charge on any atom is -0.368 e. The first-order valence-corrected chi connectivity index (χ1v) is 7.52. The van der Waals surface area contributed by atoms with Crippen molar-refractivity contribution in [2.24, 2.45) is 5.73 Å². The van der Waals surface area contributed by atoms with E-state index in [9.17, 15) is 14.9 Å². The Kier molecular flexibility index (Phi) is 5.10. The van der Waals surface area contributed by atoms with Gasteiger partial charge in [-0.15, -0.1) is 0 Å². The van der Waals surface area contributed by atoms with E-state index in [1.165, 1.54) is 6.07 Å². The van der Waals surface area contributed by atoms with Crippen LogP contribution in [0.25, 0.3) is 10.9 Å². The van der Waals surface area contributed by atoms with Gasteiger partial charge in [-0.25, -0.2) is 4.98 Å². The van der Waals surface area contributed by atoms with Crippen molar-refractivity contribution in [1.82, 2.24) is 4.98 Å². The van der Waals surface area contributed by atoms with Crippen molar-refractivity contribution in [1.29, 1.82) is 0 Å². The van der Waals surface area contributed by atoms with Crippen molar-refractivity contribution in [2.75, 3.05) is 18.0 Å². The number of nitrogens with zero attached hydrogens (tertiary/aromatic N) is 3. The number of aromatic nitrogens is 1. The number of carbonyl (C=O) groups is 1. The molecule has 7 heteroatoms. The van der Waals surface area contributed by atoms with Gasteiger partial charge in [-0.2, -0.15) is 0 Å². The van der Waals surface area contributed by atoms with Gasteiger partial charge in [0.2, 0.25) is 5.91 Å². The predicted octanol–water partition coefficient (Wildman–Crippen LogP) is 2.54. The number of carbonyl (C=O) groups excluding carboxylic acids is 1. The van der Waals surface area contributed by atoms with Gasteiger partial charge < -0.3 is 10.6 Å². The molecule has 2 aromatic rings. The van der Waals surface area contributed by atoms with E-state index >= 15 is 0 Å². The second kappa shape index (κ2) is 7.04. The summed E-state index contributed by atoms with van der Waals surface area (Å²) in [5.74, 6) is -0.436. The second-order valence-corrected chi connectivity index (χ2v) is 5.45. The number of non-ortho nitro benzene ring substituents is 1. The fourth-order valence-electron chi connectivity index (χ4n) is 2.57. The normalized spacial score (nSPS) is 10.7. The molecule has 7 nitrogen and oxygen atoms in total. The molecule has 23 heavy (non-hydrogen) atoms. The van der Waals surface area contributed by atoms with Crippen molar-refractivity contribution >= 4 is 28.2 Å². The van der Waals surface area contributed by atoms with Crippen LogP contribution in [0.15, 0.2) is 24.3 Å². The van der Waals surface area contributed by atoms with E-state index in [2.05, 4.69) is 11.9 Å². The smallest absolute Gasteiger partial charge is 0.295 e. The SMILES string of the molecule is CCCCN(CC(N)=O)c1cc(C)nc2c([N+](=O)[O-])cccc12. The number of anilines is 1. The van der Waals surface area contributed by atoms with Crippen molar-refractivity contribution in [3.63, 3.8) is 0 Å². The number of hydrogen-bond acceptors (Lipinski definition) is 5. The third-order valence-corrected chi connectivity index (χ3v) is 3.59. The van der Waals surface area contributed by atoms with Crippen molar-refractivity contribution in [3.8, 4) is 0 Å². The molecule has 2 rings (SSSR count). The zero-order valence-corrected chi connectivity index (χ0v) is 13.3. The maximum Gasteiger partial charge on any atom is 0.295 e. The molecule has 0 aliphatic carbocycles. The number of para-hydroxylation sites is 1. The molecule has 0 aliphatic rings. The number of amides is 1. The van der Waals surface area contributed by atoms with Gasteiger partial charge in [-0.1, -0.05) is 25.5 Å². The number of nitrogens with two attached hydrogens (primary N) is 1. The standard InChI is InChI=1S/C16H20N4O3/c1-3-4-8-19(10-15(17)21)14-9-11(2)18-16-12(14)6-5-7-13(16)20(22)23/h5-7,9H,3-4,8,10H2,1-2H3,(H2,17,21). The van der Waals surface area contributed by atoms with Gasteiger partial charge >= 0.3 is 0 Å². The number of nitro groups is 1. The average Bonchev–Trinajstić information content (AvgIpc) is 2.49. The summed E-state index contributed by atoms with van der Waals surface area (Å²) in [6, 6.07) is 6.68. The molecule has 0 aliphatic heterocycles. The molecule has 1 heterocycles. The zero-order chi connectivity index (χ0) is 17.0. The Labute approximate surface area is 134 Å². The zero-order valence-electron chi connectivity index (χ0n) is 13.3. The largest absolute Gasteiger partial charge is 0.368 e. The third kappa shape index (κ3) is 3.74. The molecule has 1 aromatic heterocycles. The van der Waals surface area contributed by atoms with Crippen LogP contribution in [0.2, 0.25) is 0 Å². The summed E-state index contributed by atoms with van der Waals surface area (Å²) in [6.45, 7) is 4.56. The van der Waals surface area contributed by atoms with Crippen molar-refractivity contribution < 1.29 is 9.72 Å². The molecule has 1 amide bonds. The highest BCUT2D eigenvalue weighted by molar-refractivity contribution is 5.98. The lowest BCUT2D eigenvalue weighted by atomic mass is 10.1. The van der Waals surface area contributed by atoms with Crippen LogP contribution in [0, 0.1) is 17.0 Å². The Morgan fingerprint density at radius 3 is 2.78 bits per heavy atom. The fourth-order valence-corrected chi connectivity index (χ4v) is 2.57. The molecule has 0 atom stereocenters. The first-order valence-electron chi connectivity index (χ1n) is 7.52. The van der Waals surface area contributed by atoms with Gasteiger partial charge in [-0.3, -0.25) is 14.9 Å². The fraction of sp³-hybridized carbons (Fsp3) is 0.375. The maximum absolute atomic E-state index is 11.4. The monoisotopic (exact) mass is 316 g/mol. The van der Waals surface area contributed by atoms with E-state index < -0.39 is 10.8 Å². The Balaban J connectivity index is 2.63. The minimum absolute atomic E-state index is 0.0398. The van der Waals surface area contributed by atoms with Crippen LogP contribution in [-0.2, 0) is 4.79 Å². The highest BCUT2D eigenvalue weighted by Gasteiger charge is 2.19. The number of fused-ring (bicyclic) bond motifs is 1. The molecular weight excluding hydrogens is 296 g/mol. The summed E-state index contributed by atoms with van der Waals surface area (Å²) in [7, 11) is 0. The van der Waals surface area contributed by atoms with Crippen LogP contribution in [0.4, 0.5) is 11.4 Å². The highest BCUT2D eigenvalue weighted by Crippen LogP contribution is 2.32. The van der Waals surface area contributed by atoms with Crippen LogP contribution in [0.1, 0.15) is 25.5 Å². The van der Waals surface area contributed by atoms with Crippen LogP contribution in [0.5, 0.6) is 0 Å². The molecule has 122 valence electrons. The Morgan fingerprint density at radius 1 is 1.43 bits per heavy atom. The van der Waals surface area contributed by atoms with Gasteiger partial charge in [-0.05, 0) is 19.4 Å². The maximum atomic E-state index is 11.4. The highest BCUT2D eigenvalue weighted by atomic mass is 16.6. The molecule has 0 saturated carbocycles. The van der Waals surface area contributed by atoms with Crippen LogP contribution < -0.4 is 10.6 Å². The minimum atomic E-state index is -0.441. The number of pyridine rings is 1. The summed E-state index contributed by atoms with van der Waals surface area (Å²) in [5.41, 5.74) is 7.06. The number of primary amides is 1. The lowest BCUT2D eigenvalue weighted by Gasteiger charge is -2.25. The molecule has 0 unspecified atom stereocenters. The van der Waals surface area contributed by atoms with Gasteiger partial charge in [0.25, 0.3) is 5.69 Å². The van der Waals surface area contributed by atoms with E-state index in [4.69, 9.17) is 5.73 Å². The third-order valence-electron chi connectivity index (χ3n) is 3.59. The lowest BCUT2D eigenvalue weighted by molar-refractivity contribution is -0.383. The Hall–Kier alpha value is -2.70. The van der Waals surface area contributed by atoms with E-state index in [-0.39, 0.29) is 12.2 Å². The lowest BCUT2D eigenvalue weighted by Crippen LogP contribution is -2.34. The number of aryl methyl sites for hydroxylation is 1. The Bertz CT molecular complexity index is 745. The van der Waals surface area contributed by atoms with E-state index in [1.807, 2.05) is 11.0 Å². The summed E-state index contributed by atoms with van der Waals surface area (Å²) >= 11 is 0. The van der Waals surface area contributed by atoms with Crippen molar-refractivity contribution in [3.05, 3.63) is 40.1 Å². The average molecular weight is 316 g/mol. The van der Waals surface area contributed by atoms with E-state index in [1.54, 1.807) is 19.1 Å². The number of hydrogen-bond donors (Lipinski definition) is 1. The molecule has 1 aromatic carbocycles. The topological polar surface area (TPSA) is 102 Å². The molecule has 0 radical (unpaired) electrons. The first kappa shape index (κ1) is 16.7. The number of benzene rings is 1.